The lowest BCUT2D eigenvalue weighted by Crippen LogP contribution is -1.97. The zero-order valence-electron chi connectivity index (χ0n) is 10.9. The molecule has 0 saturated heterocycles. The number of thiazole rings is 1. The summed E-state index contributed by atoms with van der Waals surface area (Å²) >= 11 is 1.50. The van der Waals surface area contributed by atoms with E-state index in [9.17, 15) is 0 Å². The van der Waals surface area contributed by atoms with Crippen molar-refractivity contribution in [2.24, 2.45) is 0 Å². The molecule has 2 rings (SSSR count). The highest BCUT2D eigenvalue weighted by molar-refractivity contribution is 7.11. The van der Waals surface area contributed by atoms with E-state index in [2.05, 4.69) is 17.1 Å². The van der Waals surface area contributed by atoms with Crippen molar-refractivity contribution in [2.45, 2.75) is 34.0 Å². The fourth-order valence-corrected chi connectivity index (χ4v) is 2.54. The highest BCUT2D eigenvalue weighted by Gasteiger charge is 2.08. The first-order valence-corrected chi connectivity index (χ1v) is 6.68. The molecule has 4 heteroatoms. The third-order valence-electron chi connectivity index (χ3n) is 2.78. The Kier molecular flexibility index (Phi) is 3.99. The van der Waals surface area contributed by atoms with E-state index in [1.807, 2.05) is 26.8 Å². The molecule has 1 aromatic heterocycles. The Morgan fingerprint density at radius 1 is 1.28 bits per heavy atom. The van der Waals surface area contributed by atoms with Crippen molar-refractivity contribution in [3.05, 3.63) is 44.9 Å². The largest absolute Gasteiger partial charge is 0.486 e. The molecule has 96 valence electrons. The number of aliphatic hydroxyl groups excluding tert-OH is 1. The fourth-order valence-electron chi connectivity index (χ4n) is 1.70. The molecule has 0 fully saturated rings. The number of aryl methyl sites for hydroxylation is 3. The topological polar surface area (TPSA) is 42.4 Å². The summed E-state index contributed by atoms with van der Waals surface area (Å²) in [7, 11) is 0. The second kappa shape index (κ2) is 5.50. The molecule has 2 aromatic rings. The first kappa shape index (κ1) is 13.1. The molecular weight excluding hydrogens is 246 g/mol. The summed E-state index contributed by atoms with van der Waals surface area (Å²) in [4.78, 5) is 5.29. The number of ether oxygens (including phenoxy) is 1. The average Bonchev–Trinajstić information content (AvgIpc) is 2.71. The quantitative estimate of drug-likeness (QED) is 0.921. The zero-order valence-corrected chi connectivity index (χ0v) is 11.7. The predicted octanol–water partition coefficient (Wildman–Crippen LogP) is 3.14. The van der Waals surface area contributed by atoms with Gasteiger partial charge in [0.25, 0.3) is 0 Å². The van der Waals surface area contributed by atoms with Crippen LogP contribution in [-0.4, -0.2) is 10.1 Å². The zero-order chi connectivity index (χ0) is 13.1. The minimum Gasteiger partial charge on any atom is -0.486 e. The minimum absolute atomic E-state index is 0.0486. The van der Waals surface area contributed by atoms with Crippen molar-refractivity contribution in [3.63, 3.8) is 0 Å². The van der Waals surface area contributed by atoms with Gasteiger partial charge in [0.15, 0.2) is 0 Å². The Bertz CT molecular complexity index is 549. The Balaban J connectivity index is 2.08. The van der Waals surface area contributed by atoms with Gasteiger partial charge in [0.2, 0.25) is 0 Å². The van der Waals surface area contributed by atoms with Crippen molar-refractivity contribution >= 4 is 11.3 Å². The molecule has 18 heavy (non-hydrogen) atoms. The number of nitrogens with zero attached hydrogens (tertiary/aromatic N) is 1. The lowest BCUT2D eigenvalue weighted by Gasteiger charge is -2.08. The van der Waals surface area contributed by atoms with Crippen molar-refractivity contribution in [3.8, 4) is 5.75 Å². The maximum atomic E-state index is 9.13. The fraction of sp³-hybridized carbons (Fsp3) is 0.357. The third kappa shape index (κ3) is 2.89. The summed E-state index contributed by atoms with van der Waals surface area (Å²) in [5.41, 5.74) is 3.19. The molecule has 0 unspecified atom stereocenters. The number of aliphatic hydroxyl groups is 1. The number of benzene rings is 1. The molecular formula is C14H17NO2S. The van der Waals surface area contributed by atoms with Crippen LogP contribution in [0.2, 0.25) is 0 Å². The Morgan fingerprint density at radius 2 is 2.06 bits per heavy atom. The van der Waals surface area contributed by atoms with Gasteiger partial charge in [0, 0.05) is 0 Å². The van der Waals surface area contributed by atoms with Gasteiger partial charge in [-0.1, -0.05) is 12.1 Å². The molecule has 1 aromatic carbocycles. The van der Waals surface area contributed by atoms with Gasteiger partial charge >= 0.3 is 0 Å². The second-order valence-corrected chi connectivity index (χ2v) is 5.50. The summed E-state index contributed by atoms with van der Waals surface area (Å²) in [6.45, 7) is 6.48. The van der Waals surface area contributed by atoms with E-state index >= 15 is 0 Å². The average molecular weight is 263 g/mol. The highest BCUT2D eigenvalue weighted by Crippen LogP contribution is 2.23. The first-order chi connectivity index (χ1) is 8.60. The van der Waals surface area contributed by atoms with Gasteiger partial charge in [-0.2, -0.15) is 0 Å². The van der Waals surface area contributed by atoms with E-state index < -0.39 is 0 Å². The van der Waals surface area contributed by atoms with Crippen LogP contribution in [-0.2, 0) is 13.2 Å². The molecule has 3 nitrogen and oxygen atoms in total. The maximum Gasteiger partial charge on any atom is 0.140 e. The first-order valence-electron chi connectivity index (χ1n) is 5.86. The van der Waals surface area contributed by atoms with Gasteiger partial charge in [0.1, 0.15) is 17.4 Å². The standard InChI is InChI=1S/C14H17NO2S/c1-9-4-5-10(2)12(6-9)17-8-14-15-11(3)13(7-16)18-14/h4-6,16H,7-8H2,1-3H3. The van der Waals surface area contributed by atoms with Gasteiger partial charge in [-0.3, -0.25) is 0 Å². The lowest BCUT2D eigenvalue weighted by molar-refractivity contribution is 0.284. The SMILES string of the molecule is Cc1ccc(C)c(OCc2nc(C)c(CO)s2)c1. The summed E-state index contributed by atoms with van der Waals surface area (Å²) < 4.78 is 5.78. The Labute approximate surface area is 111 Å². The predicted molar refractivity (Wildman–Crippen MR) is 73.0 cm³/mol. The normalized spacial score (nSPS) is 10.7. The molecule has 0 spiro atoms. The van der Waals surface area contributed by atoms with Crippen LogP contribution in [0.15, 0.2) is 18.2 Å². The van der Waals surface area contributed by atoms with Crippen LogP contribution in [0.1, 0.15) is 26.7 Å². The number of rotatable bonds is 4. The molecule has 0 atom stereocenters. The van der Waals surface area contributed by atoms with Gasteiger partial charge < -0.3 is 9.84 Å². The second-order valence-electron chi connectivity index (χ2n) is 4.33. The molecule has 1 heterocycles. The van der Waals surface area contributed by atoms with Crippen LogP contribution < -0.4 is 4.74 Å². The smallest absolute Gasteiger partial charge is 0.140 e. The summed E-state index contributed by atoms with van der Waals surface area (Å²) in [5, 5.41) is 10.0. The lowest BCUT2D eigenvalue weighted by atomic mass is 10.1. The van der Waals surface area contributed by atoms with Crippen molar-refractivity contribution < 1.29 is 9.84 Å². The molecule has 0 aliphatic carbocycles. The van der Waals surface area contributed by atoms with Crippen LogP contribution >= 0.6 is 11.3 Å². The summed E-state index contributed by atoms with van der Waals surface area (Å²) in [6, 6.07) is 6.15. The number of hydrogen-bond donors (Lipinski definition) is 1. The van der Waals surface area contributed by atoms with E-state index in [-0.39, 0.29) is 6.61 Å². The van der Waals surface area contributed by atoms with E-state index in [0.29, 0.717) is 6.61 Å². The molecule has 0 radical (unpaired) electrons. The van der Waals surface area contributed by atoms with E-state index in [0.717, 1.165) is 26.9 Å². The van der Waals surface area contributed by atoms with Crippen molar-refractivity contribution in [2.75, 3.05) is 0 Å². The third-order valence-corrected chi connectivity index (χ3v) is 3.89. The number of hydrogen-bond acceptors (Lipinski definition) is 4. The molecule has 1 N–H and O–H groups in total. The van der Waals surface area contributed by atoms with Crippen LogP contribution in [0.3, 0.4) is 0 Å². The Morgan fingerprint density at radius 3 is 2.72 bits per heavy atom. The molecule has 0 aliphatic heterocycles. The molecule has 0 saturated carbocycles. The van der Waals surface area contributed by atoms with Crippen molar-refractivity contribution in [1.29, 1.82) is 0 Å². The van der Waals surface area contributed by atoms with Gasteiger partial charge in [-0.15, -0.1) is 11.3 Å². The summed E-state index contributed by atoms with van der Waals surface area (Å²) in [5.74, 6) is 0.897. The van der Waals surface area contributed by atoms with Crippen LogP contribution in [0.4, 0.5) is 0 Å². The molecule has 0 bridgehead atoms. The monoisotopic (exact) mass is 263 g/mol. The van der Waals surface area contributed by atoms with Crippen LogP contribution in [0.25, 0.3) is 0 Å². The number of aromatic nitrogens is 1. The van der Waals surface area contributed by atoms with Gasteiger partial charge in [-0.25, -0.2) is 4.98 Å². The minimum atomic E-state index is 0.0486. The Hall–Kier alpha value is -1.39. The highest BCUT2D eigenvalue weighted by atomic mass is 32.1. The van der Waals surface area contributed by atoms with Crippen LogP contribution in [0, 0.1) is 20.8 Å². The maximum absolute atomic E-state index is 9.13. The van der Waals surface area contributed by atoms with E-state index in [1.165, 1.54) is 16.9 Å². The molecule has 0 aliphatic rings. The molecule has 0 amide bonds. The van der Waals surface area contributed by atoms with Crippen LogP contribution in [0.5, 0.6) is 5.75 Å². The van der Waals surface area contributed by atoms with Gasteiger partial charge in [0.05, 0.1) is 17.2 Å². The van der Waals surface area contributed by atoms with E-state index in [1.54, 1.807) is 0 Å². The van der Waals surface area contributed by atoms with Crippen molar-refractivity contribution in [1.82, 2.24) is 4.98 Å². The van der Waals surface area contributed by atoms with E-state index in [4.69, 9.17) is 9.84 Å². The summed E-state index contributed by atoms with van der Waals surface area (Å²) in [6.07, 6.45) is 0. The van der Waals surface area contributed by atoms with Gasteiger partial charge in [-0.05, 0) is 38.0 Å².